The number of nitrogens with zero attached hydrogens (tertiary/aromatic N) is 1. The van der Waals surface area contributed by atoms with Crippen LogP contribution in [0.2, 0.25) is 0 Å². The minimum atomic E-state index is -0.473. The van der Waals surface area contributed by atoms with Gasteiger partial charge < -0.3 is 16.0 Å². The van der Waals surface area contributed by atoms with E-state index in [1.807, 2.05) is 49.3 Å². The van der Waals surface area contributed by atoms with Crippen LogP contribution in [-0.4, -0.2) is 44.0 Å². The molecule has 0 aliphatic rings. The normalized spacial score (nSPS) is 11.2. The molecule has 110 valence electrons. The van der Waals surface area contributed by atoms with Gasteiger partial charge in [0.15, 0.2) is 0 Å². The predicted octanol–water partition coefficient (Wildman–Crippen LogP) is 1.08. The summed E-state index contributed by atoms with van der Waals surface area (Å²) in [5, 5.41) is 2.83. The molecule has 0 fully saturated rings. The molecule has 1 aromatic rings. The topological polar surface area (TPSA) is 58.4 Å². The van der Waals surface area contributed by atoms with Gasteiger partial charge in [-0.15, -0.1) is 24.8 Å². The van der Waals surface area contributed by atoms with Gasteiger partial charge in [-0.3, -0.25) is 4.79 Å². The summed E-state index contributed by atoms with van der Waals surface area (Å²) in [4.78, 5) is 13.7. The Morgan fingerprint density at radius 2 is 1.84 bits per heavy atom. The number of hydrogen-bond acceptors (Lipinski definition) is 3. The van der Waals surface area contributed by atoms with Crippen molar-refractivity contribution >= 4 is 30.7 Å². The number of likely N-dealkylation sites (N-methyl/N-ethyl adjacent to an activating group) is 1. The lowest BCUT2D eigenvalue weighted by Crippen LogP contribution is -2.44. The molecule has 0 radical (unpaired) electrons. The molecule has 0 saturated carbocycles. The van der Waals surface area contributed by atoms with E-state index in [1.54, 1.807) is 0 Å². The quantitative estimate of drug-likeness (QED) is 0.827. The summed E-state index contributed by atoms with van der Waals surface area (Å²) in [6.45, 7) is 1.46. The van der Waals surface area contributed by atoms with Gasteiger partial charge in [0, 0.05) is 13.1 Å². The first kappa shape index (κ1) is 20.5. The summed E-state index contributed by atoms with van der Waals surface area (Å²) in [6, 6.07) is 9.34. The maximum Gasteiger partial charge on any atom is 0.237 e. The molecule has 0 bridgehead atoms. The Bertz CT molecular complexity index is 347. The molecule has 0 aliphatic carbocycles. The van der Waals surface area contributed by atoms with Crippen molar-refractivity contribution in [1.29, 1.82) is 0 Å². The SMILES string of the molecule is CN(C)CCNC(=O)[C@@H](N)Cc1ccccc1.Cl.Cl. The number of nitrogens with one attached hydrogen (secondary N) is 1. The highest BCUT2D eigenvalue weighted by atomic mass is 35.5. The number of carbonyl (C=O) groups is 1. The molecular weight excluding hydrogens is 285 g/mol. The van der Waals surface area contributed by atoms with Crippen LogP contribution in [0.15, 0.2) is 30.3 Å². The summed E-state index contributed by atoms with van der Waals surface area (Å²) < 4.78 is 0. The largest absolute Gasteiger partial charge is 0.353 e. The van der Waals surface area contributed by atoms with Gasteiger partial charge in [-0.05, 0) is 26.1 Å². The summed E-state index contributed by atoms with van der Waals surface area (Å²) in [5.74, 6) is -0.0873. The van der Waals surface area contributed by atoms with Gasteiger partial charge in [0.05, 0.1) is 6.04 Å². The third-order valence-electron chi connectivity index (χ3n) is 2.49. The molecular formula is C13H23Cl2N3O. The third-order valence-corrected chi connectivity index (χ3v) is 2.49. The Balaban J connectivity index is 0. The maximum atomic E-state index is 11.7. The molecule has 4 nitrogen and oxygen atoms in total. The summed E-state index contributed by atoms with van der Waals surface area (Å²) in [5.41, 5.74) is 6.93. The number of carbonyl (C=O) groups excluding carboxylic acids is 1. The van der Waals surface area contributed by atoms with Crippen LogP contribution in [0.25, 0.3) is 0 Å². The standard InChI is InChI=1S/C13H21N3O.2ClH/c1-16(2)9-8-15-13(17)12(14)10-11-6-4-3-5-7-11;;/h3-7,12H,8-10,14H2,1-2H3,(H,15,17);2*1H/t12-;;/m0../s1. The maximum absolute atomic E-state index is 11.7. The summed E-state index contributed by atoms with van der Waals surface area (Å²) in [6.07, 6.45) is 0.578. The van der Waals surface area contributed by atoms with Crippen molar-refractivity contribution < 1.29 is 4.79 Å². The summed E-state index contributed by atoms with van der Waals surface area (Å²) in [7, 11) is 3.94. The van der Waals surface area contributed by atoms with Crippen LogP contribution in [0.5, 0.6) is 0 Å². The molecule has 0 aliphatic heterocycles. The average Bonchev–Trinajstić information content (AvgIpc) is 2.29. The van der Waals surface area contributed by atoms with E-state index in [1.165, 1.54) is 0 Å². The second kappa shape index (κ2) is 11.1. The Hall–Kier alpha value is -0.810. The zero-order chi connectivity index (χ0) is 12.7. The van der Waals surface area contributed by atoms with Crippen LogP contribution in [0.4, 0.5) is 0 Å². The van der Waals surface area contributed by atoms with Crippen LogP contribution in [0.3, 0.4) is 0 Å². The van der Waals surface area contributed by atoms with Gasteiger partial charge in [-0.1, -0.05) is 30.3 Å². The minimum absolute atomic E-state index is 0. The molecule has 0 spiro atoms. The molecule has 19 heavy (non-hydrogen) atoms. The zero-order valence-corrected chi connectivity index (χ0v) is 13.0. The summed E-state index contributed by atoms with van der Waals surface area (Å²) >= 11 is 0. The van der Waals surface area contributed by atoms with E-state index in [2.05, 4.69) is 5.32 Å². The second-order valence-electron chi connectivity index (χ2n) is 4.39. The van der Waals surface area contributed by atoms with Crippen LogP contribution >= 0.6 is 24.8 Å². The van der Waals surface area contributed by atoms with Crippen molar-refractivity contribution in [3.63, 3.8) is 0 Å². The highest BCUT2D eigenvalue weighted by Gasteiger charge is 2.13. The van der Waals surface area contributed by atoms with Crippen molar-refractivity contribution in [2.24, 2.45) is 5.73 Å². The molecule has 0 saturated heterocycles. The van der Waals surface area contributed by atoms with E-state index < -0.39 is 6.04 Å². The van der Waals surface area contributed by atoms with E-state index in [9.17, 15) is 4.79 Å². The van der Waals surface area contributed by atoms with Gasteiger partial charge in [0.25, 0.3) is 0 Å². The molecule has 1 aromatic carbocycles. The fourth-order valence-corrected chi connectivity index (χ4v) is 1.49. The van der Waals surface area contributed by atoms with E-state index >= 15 is 0 Å². The Morgan fingerprint density at radius 3 is 2.37 bits per heavy atom. The first-order valence-electron chi connectivity index (χ1n) is 5.81. The van der Waals surface area contributed by atoms with Crippen molar-refractivity contribution in [2.45, 2.75) is 12.5 Å². The van der Waals surface area contributed by atoms with E-state index in [0.29, 0.717) is 13.0 Å². The smallest absolute Gasteiger partial charge is 0.237 e. The molecule has 0 unspecified atom stereocenters. The lowest BCUT2D eigenvalue weighted by molar-refractivity contribution is -0.122. The predicted molar refractivity (Wildman–Crippen MR) is 84.2 cm³/mol. The number of halogens is 2. The molecule has 1 amide bonds. The number of benzene rings is 1. The van der Waals surface area contributed by atoms with Crippen molar-refractivity contribution in [3.05, 3.63) is 35.9 Å². The van der Waals surface area contributed by atoms with Crippen molar-refractivity contribution in [1.82, 2.24) is 10.2 Å². The average molecular weight is 308 g/mol. The Labute approximate surface area is 127 Å². The van der Waals surface area contributed by atoms with Gasteiger partial charge in [0.1, 0.15) is 0 Å². The number of amides is 1. The van der Waals surface area contributed by atoms with Gasteiger partial charge in [-0.25, -0.2) is 0 Å². The zero-order valence-electron chi connectivity index (χ0n) is 11.3. The fourth-order valence-electron chi connectivity index (χ4n) is 1.49. The second-order valence-corrected chi connectivity index (χ2v) is 4.39. The Morgan fingerprint density at radius 1 is 1.26 bits per heavy atom. The fraction of sp³-hybridized carbons (Fsp3) is 0.462. The van der Waals surface area contributed by atoms with Crippen LogP contribution in [0, 0.1) is 0 Å². The molecule has 0 aromatic heterocycles. The third kappa shape index (κ3) is 8.83. The molecule has 1 atom stereocenters. The first-order chi connectivity index (χ1) is 8.09. The van der Waals surface area contributed by atoms with Gasteiger partial charge in [-0.2, -0.15) is 0 Å². The minimum Gasteiger partial charge on any atom is -0.353 e. The first-order valence-corrected chi connectivity index (χ1v) is 5.81. The molecule has 0 heterocycles. The molecule has 1 rings (SSSR count). The van der Waals surface area contributed by atoms with E-state index in [-0.39, 0.29) is 30.7 Å². The van der Waals surface area contributed by atoms with E-state index in [0.717, 1.165) is 12.1 Å². The van der Waals surface area contributed by atoms with Gasteiger partial charge in [0.2, 0.25) is 5.91 Å². The van der Waals surface area contributed by atoms with Crippen molar-refractivity contribution in [2.75, 3.05) is 27.2 Å². The van der Waals surface area contributed by atoms with Crippen LogP contribution in [0.1, 0.15) is 5.56 Å². The number of hydrogen-bond donors (Lipinski definition) is 2. The van der Waals surface area contributed by atoms with E-state index in [4.69, 9.17) is 5.73 Å². The highest BCUT2D eigenvalue weighted by molar-refractivity contribution is 5.85. The van der Waals surface area contributed by atoms with Gasteiger partial charge >= 0.3 is 0 Å². The number of nitrogens with two attached hydrogens (primary N) is 1. The molecule has 6 heteroatoms. The lowest BCUT2D eigenvalue weighted by Gasteiger charge is -2.14. The Kier molecular flexibility index (Phi) is 11.9. The number of rotatable bonds is 6. The highest BCUT2D eigenvalue weighted by Crippen LogP contribution is 2.01. The lowest BCUT2D eigenvalue weighted by atomic mass is 10.1. The monoisotopic (exact) mass is 307 g/mol. The van der Waals surface area contributed by atoms with Crippen LogP contribution < -0.4 is 11.1 Å². The molecule has 3 N–H and O–H groups in total. The van der Waals surface area contributed by atoms with Crippen LogP contribution in [-0.2, 0) is 11.2 Å². The van der Waals surface area contributed by atoms with Crippen molar-refractivity contribution in [3.8, 4) is 0 Å².